The lowest BCUT2D eigenvalue weighted by molar-refractivity contribution is 0.0954. The van der Waals surface area contributed by atoms with E-state index in [0.29, 0.717) is 12.1 Å². The first kappa shape index (κ1) is 15.2. The van der Waals surface area contributed by atoms with Crippen LogP contribution in [0.4, 0.5) is 0 Å². The summed E-state index contributed by atoms with van der Waals surface area (Å²) in [7, 11) is 0. The van der Waals surface area contributed by atoms with Crippen molar-refractivity contribution >= 4 is 17.2 Å². The number of carbonyl (C=O) groups is 1. The Kier molecular flexibility index (Phi) is 5.50. The van der Waals surface area contributed by atoms with Gasteiger partial charge in [-0.3, -0.25) is 4.79 Å². The summed E-state index contributed by atoms with van der Waals surface area (Å²) in [5.74, 6) is 5.32. The lowest BCUT2D eigenvalue weighted by Gasteiger charge is -2.06. The Balaban J connectivity index is 1.98. The van der Waals surface area contributed by atoms with E-state index in [1.54, 1.807) is 29.0 Å². The van der Waals surface area contributed by atoms with Crippen LogP contribution in [0.2, 0.25) is 0 Å². The van der Waals surface area contributed by atoms with Crippen molar-refractivity contribution in [3.63, 3.8) is 0 Å². The molecule has 0 spiro atoms. The number of aromatic nitrogens is 1. The molecule has 1 aromatic carbocycles. The van der Waals surface area contributed by atoms with Crippen LogP contribution in [-0.2, 0) is 6.42 Å². The second-order valence-electron chi connectivity index (χ2n) is 4.48. The topological polar surface area (TPSA) is 62.2 Å². The van der Waals surface area contributed by atoms with E-state index in [1.807, 2.05) is 18.4 Å². The third-order valence-electron chi connectivity index (χ3n) is 2.95. The van der Waals surface area contributed by atoms with Gasteiger partial charge in [0.1, 0.15) is 6.61 Å². The van der Waals surface area contributed by atoms with Crippen LogP contribution in [0.15, 0.2) is 29.1 Å². The van der Waals surface area contributed by atoms with Gasteiger partial charge in [0, 0.05) is 29.5 Å². The third-order valence-corrected chi connectivity index (χ3v) is 3.59. The fourth-order valence-electron chi connectivity index (χ4n) is 1.80. The number of aliphatic hydroxyl groups is 1. The van der Waals surface area contributed by atoms with Gasteiger partial charge in [0.25, 0.3) is 5.91 Å². The smallest absolute Gasteiger partial charge is 0.251 e. The highest BCUT2D eigenvalue weighted by atomic mass is 32.1. The molecule has 0 saturated heterocycles. The third kappa shape index (κ3) is 4.42. The molecular formula is C16H16N2O2S. The second kappa shape index (κ2) is 7.58. The normalized spacial score (nSPS) is 9.81. The van der Waals surface area contributed by atoms with Crippen LogP contribution in [0.5, 0.6) is 0 Å². The van der Waals surface area contributed by atoms with Crippen molar-refractivity contribution in [3.05, 3.63) is 51.5 Å². The molecule has 21 heavy (non-hydrogen) atoms. The predicted molar refractivity (Wildman–Crippen MR) is 83.3 cm³/mol. The SMILES string of the molecule is Cc1ccc(C(=O)NCCc2cscn2)cc1C#CCO. The zero-order valence-corrected chi connectivity index (χ0v) is 12.5. The van der Waals surface area contributed by atoms with Gasteiger partial charge in [0.2, 0.25) is 0 Å². The number of amides is 1. The van der Waals surface area contributed by atoms with Gasteiger partial charge in [-0.2, -0.15) is 0 Å². The fraction of sp³-hybridized carbons (Fsp3) is 0.250. The van der Waals surface area contributed by atoms with Crippen LogP contribution < -0.4 is 5.32 Å². The molecule has 1 amide bonds. The molecule has 108 valence electrons. The number of hydrogen-bond acceptors (Lipinski definition) is 4. The largest absolute Gasteiger partial charge is 0.384 e. The number of rotatable bonds is 4. The van der Waals surface area contributed by atoms with E-state index in [4.69, 9.17) is 5.11 Å². The number of nitrogens with one attached hydrogen (secondary N) is 1. The van der Waals surface area contributed by atoms with E-state index in [-0.39, 0.29) is 12.5 Å². The molecule has 0 fully saturated rings. The van der Waals surface area contributed by atoms with Gasteiger partial charge in [-0.15, -0.1) is 11.3 Å². The molecule has 0 aliphatic carbocycles. The van der Waals surface area contributed by atoms with E-state index >= 15 is 0 Å². The van der Waals surface area contributed by atoms with Gasteiger partial charge in [-0.25, -0.2) is 4.98 Å². The summed E-state index contributed by atoms with van der Waals surface area (Å²) >= 11 is 1.55. The molecule has 1 aromatic heterocycles. The Labute approximate surface area is 127 Å². The first-order chi connectivity index (χ1) is 10.2. The zero-order chi connectivity index (χ0) is 15.1. The molecule has 0 bridgehead atoms. The summed E-state index contributed by atoms with van der Waals surface area (Å²) in [4.78, 5) is 16.3. The van der Waals surface area contributed by atoms with Crippen molar-refractivity contribution in [1.29, 1.82) is 0 Å². The van der Waals surface area contributed by atoms with Gasteiger partial charge in [0.15, 0.2) is 0 Å². The minimum absolute atomic E-state index is 0.128. The number of benzene rings is 1. The van der Waals surface area contributed by atoms with E-state index < -0.39 is 0 Å². The molecule has 0 radical (unpaired) electrons. The van der Waals surface area contributed by atoms with Gasteiger partial charge in [-0.05, 0) is 24.6 Å². The molecule has 2 rings (SSSR count). The molecule has 0 saturated carbocycles. The molecule has 4 nitrogen and oxygen atoms in total. The lowest BCUT2D eigenvalue weighted by atomic mass is 10.0. The van der Waals surface area contributed by atoms with Crippen LogP contribution >= 0.6 is 11.3 Å². The Morgan fingerprint density at radius 1 is 1.48 bits per heavy atom. The van der Waals surface area contributed by atoms with Gasteiger partial charge in [0.05, 0.1) is 11.2 Å². The summed E-state index contributed by atoms with van der Waals surface area (Å²) in [5, 5.41) is 13.6. The molecule has 1 heterocycles. The molecule has 0 unspecified atom stereocenters. The fourth-order valence-corrected chi connectivity index (χ4v) is 2.39. The Bertz CT molecular complexity index is 669. The van der Waals surface area contributed by atoms with Crippen LogP contribution in [0.25, 0.3) is 0 Å². The molecular weight excluding hydrogens is 284 g/mol. The van der Waals surface area contributed by atoms with Crippen molar-refractivity contribution in [2.24, 2.45) is 0 Å². The molecule has 2 N–H and O–H groups in total. The molecule has 5 heteroatoms. The first-order valence-corrected chi connectivity index (χ1v) is 7.50. The van der Waals surface area contributed by atoms with Gasteiger partial charge >= 0.3 is 0 Å². The van der Waals surface area contributed by atoms with Crippen LogP contribution in [0.1, 0.15) is 27.2 Å². The molecule has 0 aliphatic heterocycles. The number of carbonyl (C=O) groups excluding carboxylic acids is 1. The summed E-state index contributed by atoms with van der Waals surface area (Å²) in [5.41, 5.74) is 5.08. The maximum atomic E-state index is 12.1. The average molecular weight is 300 g/mol. The highest BCUT2D eigenvalue weighted by Crippen LogP contribution is 2.10. The average Bonchev–Trinajstić information content (AvgIpc) is 2.99. The van der Waals surface area contributed by atoms with Crippen LogP contribution in [0.3, 0.4) is 0 Å². The van der Waals surface area contributed by atoms with E-state index in [1.165, 1.54) is 0 Å². The van der Waals surface area contributed by atoms with Gasteiger partial charge < -0.3 is 10.4 Å². The maximum Gasteiger partial charge on any atom is 0.251 e. The highest BCUT2D eigenvalue weighted by Gasteiger charge is 2.07. The van der Waals surface area contributed by atoms with Crippen molar-refractivity contribution in [1.82, 2.24) is 10.3 Å². The Morgan fingerprint density at radius 3 is 3.05 bits per heavy atom. The minimum Gasteiger partial charge on any atom is -0.384 e. The van der Waals surface area contributed by atoms with Crippen LogP contribution in [-0.4, -0.2) is 29.1 Å². The molecule has 0 atom stereocenters. The van der Waals surface area contributed by atoms with Crippen molar-refractivity contribution in [3.8, 4) is 11.8 Å². The number of hydrogen-bond donors (Lipinski definition) is 2. The summed E-state index contributed by atoms with van der Waals surface area (Å²) in [6.45, 7) is 2.28. The summed E-state index contributed by atoms with van der Waals surface area (Å²) < 4.78 is 0. The van der Waals surface area contributed by atoms with E-state index in [0.717, 1.165) is 23.2 Å². The van der Waals surface area contributed by atoms with Gasteiger partial charge in [-0.1, -0.05) is 17.9 Å². The first-order valence-electron chi connectivity index (χ1n) is 6.56. The standard InChI is InChI=1S/C16H16N2O2S/c1-12-4-5-14(9-13(12)3-2-8-19)16(20)17-7-6-15-10-21-11-18-15/h4-5,9-11,19H,6-8H2,1H3,(H,17,20). The van der Waals surface area contributed by atoms with E-state index in [9.17, 15) is 4.79 Å². The van der Waals surface area contributed by atoms with Crippen molar-refractivity contribution < 1.29 is 9.90 Å². The summed E-state index contributed by atoms with van der Waals surface area (Å²) in [6.07, 6.45) is 0.721. The maximum absolute atomic E-state index is 12.1. The molecule has 0 aliphatic rings. The van der Waals surface area contributed by atoms with Crippen LogP contribution in [0, 0.1) is 18.8 Å². The quantitative estimate of drug-likeness (QED) is 0.846. The Morgan fingerprint density at radius 2 is 2.33 bits per heavy atom. The lowest BCUT2D eigenvalue weighted by Crippen LogP contribution is -2.25. The summed E-state index contributed by atoms with van der Waals surface area (Å²) in [6, 6.07) is 5.38. The number of aryl methyl sites for hydroxylation is 1. The number of aliphatic hydroxyl groups excluding tert-OH is 1. The second-order valence-corrected chi connectivity index (χ2v) is 5.19. The molecule has 2 aromatic rings. The predicted octanol–water partition coefficient (Wildman–Crippen LogP) is 1.77. The van der Waals surface area contributed by atoms with Crippen molar-refractivity contribution in [2.75, 3.05) is 13.2 Å². The van der Waals surface area contributed by atoms with E-state index in [2.05, 4.69) is 22.1 Å². The van der Waals surface area contributed by atoms with Crippen molar-refractivity contribution in [2.45, 2.75) is 13.3 Å². The number of nitrogens with zero attached hydrogens (tertiary/aromatic N) is 1. The monoisotopic (exact) mass is 300 g/mol. The zero-order valence-electron chi connectivity index (χ0n) is 11.7. The Hall–Kier alpha value is -2.16. The number of thiazole rings is 1. The minimum atomic E-state index is -0.191. The highest BCUT2D eigenvalue weighted by molar-refractivity contribution is 7.07.